The minimum atomic E-state index is -0.901. The third-order valence-electron chi connectivity index (χ3n) is 5.64. The molecule has 1 aromatic heterocycles. The Morgan fingerprint density at radius 3 is 2.41 bits per heavy atom. The normalized spacial score (nSPS) is 16.9. The Morgan fingerprint density at radius 2 is 1.78 bits per heavy atom. The topological polar surface area (TPSA) is 96.6 Å². The van der Waals surface area contributed by atoms with E-state index in [0.29, 0.717) is 45.3 Å². The van der Waals surface area contributed by atoms with Crippen molar-refractivity contribution in [3.8, 4) is 34.1 Å². The molecule has 8 heteroatoms. The molecule has 8 nitrogen and oxygen atoms in total. The Kier molecular flexibility index (Phi) is 5.75. The second kappa shape index (κ2) is 8.37. The van der Waals surface area contributed by atoms with E-state index in [1.165, 1.54) is 13.4 Å². The molecule has 0 bridgehead atoms. The standard InChI is InChI=1S/C24H26O8/c1-24(2)20(25)9-16-18(31-12-27-3)10-19-21(23(16)32-24)22(26)17(11-30-19)13-6-14(28-4)8-15(7-13)29-5/h6-8,10-11,20,25H,9,12H2,1-5H3. The summed E-state index contributed by atoms with van der Waals surface area (Å²) in [5.41, 5.74) is 0.639. The quantitative estimate of drug-likeness (QED) is 0.579. The molecular formula is C24H26O8. The van der Waals surface area contributed by atoms with Crippen molar-refractivity contribution in [2.24, 2.45) is 0 Å². The Morgan fingerprint density at radius 1 is 1.09 bits per heavy atom. The summed E-state index contributed by atoms with van der Waals surface area (Å²) < 4.78 is 33.4. The largest absolute Gasteiger partial charge is 0.497 e. The molecule has 0 aliphatic carbocycles. The van der Waals surface area contributed by atoms with Gasteiger partial charge in [0, 0.05) is 31.2 Å². The molecule has 0 radical (unpaired) electrons. The fourth-order valence-electron chi connectivity index (χ4n) is 3.76. The molecule has 32 heavy (non-hydrogen) atoms. The van der Waals surface area contributed by atoms with E-state index >= 15 is 0 Å². The van der Waals surface area contributed by atoms with Crippen molar-refractivity contribution in [3.63, 3.8) is 0 Å². The van der Waals surface area contributed by atoms with Crippen LogP contribution in [-0.4, -0.2) is 44.9 Å². The monoisotopic (exact) mass is 442 g/mol. The summed E-state index contributed by atoms with van der Waals surface area (Å²) in [6.07, 6.45) is 0.873. The molecule has 170 valence electrons. The van der Waals surface area contributed by atoms with E-state index in [4.69, 9.17) is 28.1 Å². The highest BCUT2D eigenvalue weighted by Gasteiger charge is 2.39. The lowest BCUT2D eigenvalue weighted by Crippen LogP contribution is -2.46. The molecule has 0 saturated heterocycles. The Bertz CT molecular complexity index is 1190. The number of hydrogen-bond acceptors (Lipinski definition) is 8. The summed E-state index contributed by atoms with van der Waals surface area (Å²) in [5, 5.41) is 10.9. The predicted octanol–water partition coefficient (Wildman–Crippen LogP) is 3.53. The van der Waals surface area contributed by atoms with Gasteiger partial charge in [0.15, 0.2) is 6.79 Å². The van der Waals surface area contributed by atoms with Crippen molar-refractivity contribution in [3.05, 3.63) is 46.3 Å². The lowest BCUT2D eigenvalue weighted by Gasteiger charge is -2.37. The van der Waals surface area contributed by atoms with E-state index in [-0.39, 0.29) is 24.0 Å². The van der Waals surface area contributed by atoms with Gasteiger partial charge in [-0.25, -0.2) is 0 Å². The SMILES string of the molecule is COCOc1cc2occ(-c3cc(OC)cc(OC)c3)c(=O)c2c2c1CC(O)C(C)(C)O2. The van der Waals surface area contributed by atoms with E-state index in [1.807, 2.05) is 0 Å². The number of aliphatic hydroxyl groups is 1. The Labute approximate surface area is 185 Å². The fourth-order valence-corrected chi connectivity index (χ4v) is 3.76. The van der Waals surface area contributed by atoms with Gasteiger partial charge < -0.3 is 33.2 Å². The molecule has 2 aromatic carbocycles. The van der Waals surface area contributed by atoms with Gasteiger partial charge in [-0.2, -0.15) is 0 Å². The van der Waals surface area contributed by atoms with Crippen LogP contribution in [0.2, 0.25) is 0 Å². The van der Waals surface area contributed by atoms with Gasteiger partial charge in [0.1, 0.15) is 45.8 Å². The summed E-state index contributed by atoms with van der Waals surface area (Å²) in [6, 6.07) is 6.81. The number of fused-ring (bicyclic) bond motifs is 3. The van der Waals surface area contributed by atoms with Gasteiger partial charge in [0.05, 0.1) is 25.9 Å². The molecular weight excluding hydrogens is 416 g/mol. The van der Waals surface area contributed by atoms with E-state index in [1.54, 1.807) is 52.3 Å². The number of hydrogen-bond donors (Lipinski definition) is 1. The second-order valence-electron chi connectivity index (χ2n) is 8.11. The third-order valence-corrected chi connectivity index (χ3v) is 5.64. The van der Waals surface area contributed by atoms with E-state index in [0.717, 1.165) is 0 Å². The van der Waals surface area contributed by atoms with Crippen LogP contribution in [0.3, 0.4) is 0 Å². The maximum absolute atomic E-state index is 13.7. The minimum absolute atomic E-state index is 0.00333. The maximum Gasteiger partial charge on any atom is 0.204 e. The van der Waals surface area contributed by atoms with Gasteiger partial charge in [-0.1, -0.05) is 0 Å². The van der Waals surface area contributed by atoms with Crippen LogP contribution in [-0.2, 0) is 11.2 Å². The van der Waals surface area contributed by atoms with Crippen molar-refractivity contribution in [1.82, 2.24) is 0 Å². The number of rotatable bonds is 6. The van der Waals surface area contributed by atoms with Crippen LogP contribution >= 0.6 is 0 Å². The van der Waals surface area contributed by atoms with Crippen LogP contribution in [0.15, 0.2) is 39.7 Å². The van der Waals surface area contributed by atoms with Crippen LogP contribution in [0.25, 0.3) is 22.1 Å². The molecule has 0 amide bonds. The zero-order chi connectivity index (χ0) is 23.0. The average Bonchev–Trinajstić information content (AvgIpc) is 2.78. The molecule has 0 fully saturated rings. The van der Waals surface area contributed by atoms with Gasteiger partial charge in [0.2, 0.25) is 5.43 Å². The van der Waals surface area contributed by atoms with Crippen LogP contribution in [0, 0.1) is 0 Å². The van der Waals surface area contributed by atoms with Crippen LogP contribution in [0.4, 0.5) is 0 Å². The molecule has 0 spiro atoms. The van der Waals surface area contributed by atoms with Crippen LogP contribution < -0.4 is 24.4 Å². The maximum atomic E-state index is 13.7. The van der Waals surface area contributed by atoms with Crippen molar-refractivity contribution >= 4 is 11.0 Å². The predicted molar refractivity (Wildman–Crippen MR) is 118 cm³/mol. The Balaban J connectivity index is 1.98. The molecule has 0 saturated carbocycles. The first kappa shape index (κ1) is 22.0. The summed E-state index contributed by atoms with van der Waals surface area (Å²) in [5.74, 6) is 1.87. The molecule has 1 aliphatic heterocycles. The molecule has 2 heterocycles. The van der Waals surface area contributed by atoms with E-state index in [2.05, 4.69) is 0 Å². The van der Waals surface area contributed by atoms with Gasteiger partial charge in [-0.3, -0.25) is 4.79 Å². The van der Waals surface area contributed by atoms with Crippen molar-refractivity contribution in [2.45, 2.75) is 32.0 Å². The van der Waals surface area contributed by atoms with Crippen LogP contribution in [0.5, 0.6) is 23.0 Å². The zero-order valence-corrected chi connectivity index (χ0v) is 18.7. The molecule has 4 rings (SSSR count). The van der Waals surface area contributed by atoms with Gasteiger partial charge in [0.25, 0.3) is 0 Å². The molecule has 1 N–H and O–H groups in total. The molecule has 3 aromatic rings. The third kappa shape index (κ3) is 3.76. The van der Waals surface area contributed by atoms with E-state index < -0.39 is 11.7 Å². The molecule has 1 aliphatic rings. The van der Waals surface area contributed by atoms with Gasteiger partial charge >= 0.3 is 0 Å². The summed E-state index contributed by atoms with van der Waals surface area (Å²) in [4.78, 5) is 13.7. The van der Waals surface area contributed by atoms with E-state index in [9.17, 15) is 9.90 Å². The summed E-state index contributed by atoms with van der Waals surface area (Å²) in [6.45, 7) is 3.55. The zero-order valence-electron chi connectivity index (χ0n) is 18.7. The van der Waals surface area contributed by atoms with Gasteiger partial charge in [-0.15, -0.1) is 0 Å². The highest BCUT2D eigenvalue weighted by Crippen LogP contribution is 2.43. The molecule has 1 atom stereocenters. The first-order chi connectivity index (χ1) is 15.3. The highest BCUT2D eigenvalue weighted by atomic mass is 16.7. The minimum Gasteiger partial charge on any atom is -0.497 e. The van der Waals surface area contributed by atoms with Gasteiger partial charge in [-0.05, 0) is 31.5 Å². The second-order valence-corrected chi connectivity index (χ2v) is 8.11. The average molecular weight is 442 g/mol. The number of methoxy groups -OCH3 is 3. The van der Waals surface area contributed by atoms with Crippen molar-refractivity contribution < 1.29 is 33.2 Å². The fraction of sp³-hybridized carbons (Fsp3) is 0.375. The van der Waals surface area contributed by atoms with Crippen molar-refractivity contribution in [1.29, 1.82) is 0 Å². The molecule has 1 unspecified atom stereocenters. The first-order valence-electron chi connectivity index (χ1n) is 10.1. The number of benzene rings is 2. The lowest BCUT2D eigenvalue weighted by molar-refractivity contribution is -0.0415. The Hall–Kier alpha value is -3.23. The smallest absolute Gasteiger partial charge is 0.204 e. The van der Waals surface area contributed by atoms with Crippen molar-refractivity contribution in [2.75, 3.05) is 28.1 Å². The van der Waals surface area contributed by atoms with Crippen LogP contribution in [0.1, 0.15) is 19.4 Å². The number of aliphatic hydroxyl groups excluding tert-OH is 1. The summed E-state index contributed by atoms with van der Waals surface area (Å²) >= 11 is 0. The highest BCUT2D eigenvalue weighted by molar-refractivity contribution is 5.90. The first-order valence-corrected chi connectivity index (χ1v) is 10.1. The number of ether oxygens (including phenoxy) is 5. The summed E-state index contributed by atoms with van der Waals surface area (Å²) in [7, 11) is 4.60. The lowest BCUT2D eigenvalue weighted by atomic mass is 9.89.